The number of rotatable bonds is 7. The zero-order chi connectivity index (χ0) is 25.9. The second-order valence-corrected chi connectivity index (χ2v) is 14.7. The minimum absolute atomic E-state index is 0.00973. The van der Waals surface area contributed by atoms with Crippen LogP contribution in [0.1, 0.15) is 79.1 Å². The standard InChI is InChI=1S/C30H48ClN3O2/c1-19(2)26(33-16-25(32)29-12-20-11-21(13-29)15-30(36,14-20)17-29)27(35)34-10-9-24(28(3,4)18-34)22-5-7-23(31)8-6-22/h5-7,19-21,23-26,33,36H,8-18,32H2,1-4H3/t20?,21?,23?,24?,25-,26-,29?,30?/m1/s1. The molecule has 0 aromatic heterocycles. The number of allylic oxidation sites excluding steroid dienone is 4. The van der Waals surface area contributed by atoms with Gasteiger partial charge in [0.05, 0.1) is 17.0 Å². The number of halogens is 1. The summed E-state index contributed by atoms with van der Waals surface area (Å²) in [5, 5.41) is 14.9. The number of carbonyl (C=O) groups is 1. The van der Waals surface area contributed by atoms with Gasteiger partial charge in [0.25, 0.3) is 0 Å². The summed E-state index contributed by atoms with van der Waals surface area (Å²) in [7, 11) is 0. The van der Waals surface area contributed by atoms with E-state index >= 15 is 0 Å². The fourth-order valence-electron chi connectivity index (χ4n) is 9.03. The van der Waals surface area contributed by atoms with Crippen LogP contribution in [-0.4, -0.2) is 58.6 Å². The molecule has 6 atom stereocenters. The van der Waals surface area contributed by atoms with Crippen LogP contribution in [0.4, 0.5) is 0 Å². The van der Waals surface area contributed by atoms with Crippen LogP contribution < -0.4 is 11.1 Å². The molecule has 1 amide bonds. The summed E-state index contributed by atoms with van der Waals surface area (Å²) >= 11 is 6.25. The number of piperidine rings is 1. The van der Waals surface area contributed by atoms with E-state index in [1.807, 2.05) is 0 Å². The molecule has 36 heavy (non-hydrogen) atoms. The maximum atomic E-state index is 13.8. The summed E-state index contributed by atoms with van der Waals surface area (Å²) in [4.78, 5) is 15.9. The molecule has 6 aliphatic rings. The predicted molar refractivity (Wildman–Crippen MR) is 147 cm³/mol. The maximum Gasteiger partial charge on any atom is 0.239 e. The van der Waals surface area contributed by atoms with Gasteiger partial charge in [-0.1, -0.05) is 45.9 Å². The number of nitrogens with two attached hydrogens (primary N) is 1. The Balaban J connectivity index is 1.21. The Labute approximate surface area is 223 Å². The third-order valence-corrected chi connectivity index (χ3v) is 10.7. The highest BCUT2D eigenvalue weighted by Gasteiger charge is 2.59. The van der Waals surface area contributed by atoms with Gasteiger partial charge in [-0.2, -0.15) is 0 Å². The molecule has 5 aliphatic carbocycles. The van der Waals surface area contributed by atoms with Gasteiger partial charge in [-0.05, 0) is 91.4 Å². The molecule has 0 aromatic carbocycles. The van der Waals surface area contributed by atoms with Crippen molar-refractivity contribution < 1.29 is 9.90 Å². The molecule has 5 nitrogen and oxygen atoms in total. The van der Waals surface area contributed by atoms with Crippen molar-refractivity contribution in [2.75, 3.05) is 19.6 Å². The minimum atomic E-state index is -0.501. The summed E-state index contributed by atoms with van der Waals surface area (Å²) < 4.78 is 0. The number of carbonyl (C=O) groups excluding carboxylic acids is 1. The van der Waals surface area contributed by atoms with Gasteiger partial charge in [-0.3, -0.25) is 4.79 Å². The maximum absolute atomic E-state index is 13.8. The SMILES string of the molecule is CC(C)[C@@H](NC[C@@H](N)C12CC3CC(CC(O)(C3)C1)C2)C(=O)N1CCC(C2=CCC(Cl)C=C2)C(C)(C)C1. The molecule has 0 aromatic rings. The van der Waals surface area contributed by atoms with E-state index in [0.29, 0.717) is 24.3 Å². The van der Waals surface area contributed by atoms with Gasteiger partial charge in [0, 0.05) is 25.7 Å². The van der Waals surface area contributed by atoms with Crippen molar-refractivity contribution in [3.8, 4) is 0 Å². The smallest absolute Gasteiger partial charge is 0.239 e. The van der Waals surface area contributed by atoms with Crippen molar-refractivity contribution >= 4 is 17.5 Å². The second kappa shape index (κ2) is 9.70. The lowest BCUT2D eigenvalue weighted by molar-refractivity contribution is -0.170. The van der Waals surface area contributed by atoms with Gasteiger partial charge in [0.15, 0.2) is 0 Å². The van der Waals surface area contributed by atoms with Crippen molar-refractivity contribution in [2.45, 2.75) is 102 Å². The Morgan fingerprint density at radius 2 is 1.94 bits per heavy atom. The van der Waals surface area contributed by atoms with Gasteiger partial charge in [-0.25, -0.2) is 0 Å². The summed E-state index contributed by atoms with van der Waals surface area (Å²) in [6.07, 6.45) is 14.8. The fraction of sp³-hybridized carbons (Fsp3) is 0.833. The van der Waals surface area contributed by atoms with Crippen molar-refractivity contribution in [1.82, 2.24) is 10.2 Å². The number of hydrogen-bond donors (Lipinski definition) is 3. The fourth-order valence-corrected chi connectivity index (χ4v) is 9.19. The van der Waals surface area contributed by atoms with E-state index in [1.165, 1.54) is 12.0 Å². The highest BCUT2D eigenvalue weighted by atomic mass is 35.5. The molecule has 4 saturated carbocycles. The van der Waals surface area contributed by atoms with Gasteiger partial charge in [0.1, 0.15) is 0 Å². The Kier molecular flexibility index (Phi) is 7.20. The average Bonchev–Trinajstić information content (AvgIpc) is 2.77. The van der Waals surface area contributed by atoms with Crippen LogP contribution in [0.15, 0.2) is 23.8 Å². The van der Waals surface area contributed by atoms with Crippen molar-refractivity contribution in [1.29, 1.82) is 0 Å². The third-order valence-electron chi connectivity index (χ3n) is 10.4. The quantitative estimate of drug-likeness (QED) is 0.430. The molecule has 6 heteroatoms. The lowest BCUT2D eigenvalue weighted by atomic mass is 9.46. The molecular weight excluding hydrogens is 470 g/mol. The van der Waals surface area contributed by atoms with Crippen LogP contribution in [0.3, 0.4) is 0 Å². The van der Waals surface area contributed by atoms with Crippen LogP contribution >= 0.6 is 11.6 Å². The molecule has 1 heterocycles. The molecule has 202 valence electrons. The van der Waals surface area contributed by atoms with Crippen molar-refractivity contribution in [3.05, 3.63) is 23.8 Å². The number of amides is 1. The molecule has 0 spiro atoms. The van der Waals surface area contributed by atoms with Crippen LogP contribution in [-0.2, 0) is 4.79 Å². The number of likely N-dealkylation sites (tertiary alicyclic amines) is 1. The van der Waals surface area contributed by atoms with E-state index in [0.717, 1.165) is 58.0 Å². The van der Waals surface area contributed by atoms with Crippen LogP contribution in [0.25, 0.3) is 0 Å². The number of hydrogen-bond acceptors (Lipinski definition) is 4. The predicted octanol–water partition coefficient (Wildman–Crippen LogP) is 4.63. The van der Waals surface area contributed by atoms with Gasteiger partial charge < -0.3 is 21.1 Å². The summed E-state index contributed by atoms with van der Waals surface area (Å²) in [5.41, 5.74) is 7.81. The summed E-state index contributed by atoms with van der Waals surface area (Å²) in [6, 6.07) is -0.256. The van der Waals surface area contributed by atoms with Gasteiger partial charge in [-0.15, -0.1) is 11.6 Å². The van der Waals surface area contributed by atoms with Gasteiger partial charge >= 0.3 is 0 Å². The largest absolute Gasteiger partial charge is 0.390 e. The lowest BCUT2D eigenvalue weighted by Crippen LogP contribution is -2.64. The van der Waals surface area contributed by atoms with Crippen molar-refractivity contribution in [3.63, 3.8) is 0 Å². The first kappa shape index (κ1) is 26.7. The molecule has 5 fully saturated rings. The highest BCUT2D eigenvalue weighted by molar-refractivity contribution is 6.22. The minimum Gasteiger partial charge on any atom is -0.390 e. The Morgan fingerprint density at radius 1 is 1.25 bits per heavy atom. The zero-order valence-electron chi connectivity index (χ0n) is 22.8. The average molecular weight is 518 g/mol. The molecule has 0 radical (unpaired) electrons. The third kappa shape index (κ3) is 5.07. The van der Waals surface area contributed by atoms with Crippen LogP contribution in [0.2, 0.25) is 0 Å². The number of nitrogens with zero attached hydrogens (tertiary/aromatic N) is 1. The number of aliphatic hydroxyl groups is 1. The van der Waals surface area contributed by atoms with E-state index < -0.39 is 5.60 Å². The Bertz CT molecular complexity index is 898. The van der Waals surface area contributed by atoms with E-state index in [1.54, 1.807) is 0 Å². The molecular formula is C30H48ClN3O2. The molecule has 1 saturated heterocycles. The molecule has 4 N–H and O–H groups in total. The van der Waals surface area contributed by atoms with E-state index in [4.69, 9.17) is 17.3 Å². The van der Waals surface area contributed by atoms with Crippen LogP contribution in [0.5, 0.6) is 0 Å². The lowest BCUT2D eigenvalue weighted by Gasteiger charge is -2.62. The van der Waals surface area contributed by atoms with Crippen LogP contribution in [0, 0.1) is 34.5 Å². The molecule has 1 aliphatic heterocycles. The number of nitrogens with one attached hydrogen (secondary N) is 1. The van der Waals surface area contributed by atoms with Gasteiger partial charge in [0.2, 0.25) is 5.91 Å². The summed E-state index contributed by atoms with van der Waals surface area (Å²) in [5.74, 6) is 2.09. The van der Waals surface area contributed by atoms with E-state index in [9.17, 15) is 9.90 Å². The molecule has 4 bridgehead atoms. The second-order valence-electron chi connectivity index (χ2n) is 14.2. The van der Waals surface area contributed by atoms with E-state index in [-0.39, 0.29) is 40.1 Å². The summed E-state index contributed by atoms with van der Waals surface area (Å²) in [6.45, 7) is 11.1. The zero-order valence-corrected chi connectivity index (χ0v) is 23.6. The van der Waals surface area contributed by atoms with E-state index in [2.05, 4.69) is 56.1 Å². The first-order valence-electron chi connectivity index (χ1n) is 14.4. The Hall–Kier alpha value is -0.880. The van der Waals surface area contributed by atoms with Crippen molar-refractivity contribution in [2.24, 2.45) is 40.2 Å². The topological polar surface area (TPSA) is 78.6 Å². The highest BCUT2D eigenvalue weighted by Crippen LogP contribution is 2.62. The first-order chi connectivity index (χ1) is 16.9. The number of alkyl halides is 1. The first-order valence-corrected chi connectivity index (χ1v) is 14.9. The molecule has 6 rings (SSSR count). The monoisotopic (exact) mass is 517 g/mol. The normalized spacial score (nSPS) is 40.9. The Morgan fingerprint density at radius 3 is 2.50 bits per heavy atom. The molecule has 4 unspecified atom stereocenters.